The number of nitrogens with zero attached hydrogens (tertiary/aromatic N) is 3. The standard InChI is InChI=1S/C12H17N5O3/c1-3-14-10(18)7-17(2)12(19)9-5-4-8(6-15-9)11(13)16-20/h4-6,20H,3,7H2,1-2H3,(H2,13,16)(H,14,18). The molecule has 8 nitrogen and oxygen atoms in total. The molecule has 0 unspecified atom stereocenters. The lowest BCUT2D eigenvalue weighted by molar-refractivity contribution is -0.121. The van der Waals surface area contributed by atoms with Crippen LogP contribution < -0.4 is 11.1 Å². The topological polar surface area (TPSA) is 121 Å². The molecule has 1 heterocycles. The van der Waals surface area contributed by atoms with E-state index >= 15 is 0 Å². The van der Waals surface area contributed by atoms with Gasteiger partial charge >= 0.3 is 0 Å². The van der Waals surface area contributed by atoms with E-state index in [9.17, 15) is 9.59 Å². The first-order valence-electron chi connectivity index (χ1n) is 5.95. The van der Waals surface area contributed by atoms with Crippen molar-refractivity contribution in [3.8, 4) is 0 Å². The van der Waals surface area contributed by atoms with Crippen LogP contribution >= 0.6 is 0 Å². The molecule has 1 aromatic heterocycles. The maximum absolute atomic E-state index is 12.0. The van der Waals surface area contributed by atoms with E-state index in [1.54, 1.807) is 6.92 Å². The Morgan fingerprint density at radius 2 is 2.20 bits per heavy atom. The second-order valence-corrected chi connectivity index (χ2v) is 4.03. The number of aromatic nitrogens is 1. The van der Waals surface area contributed by atoms with Crippen LogP contribution in [-0.2, 0) is 4.79 Å². The molecule has 20 heavy (non-hydrogen) atoms. The van der Waals surface area contributed by atoms with Crippen LogP contribution in [-0.4, -0.2) is 52.9 Å². The van der Waals surface area contributed by atoms with Gasteiger partial charge in [-0.2, -0.15) is 0 Å². The van der Waals surface area contributed by atoms with Crippen molar-refractivity contribution >= 4 is 17.6 Å². The highest BCUT2D eigenvalue weighted by Gasteiger charge is 2.16. The zero-order valence-corrected chi connectivity index (χ0v) is 11.3. The second kappa shape index (κ2) is 7.07. The Bertz CT molecular complexity index is 512. The first-order valence-corrected chi connectivity index (χ1v) is 5.95. The van der Waals surface area contributed by atoms with Gasteiger partial charge in [-0.15, -0.1) is 0 Å². The van der Waals surface area contributed by atoms with Gasteiger partial charge in [0.1, 0.15) is 5.69 Å². The van der Waals surface area contributed by atoms with Crippen molar-refractivity contribution in [3.05, 3.63) is 29.6 Å². The summed E-state index contributed by atoms with van der Waals surface area (Å²) in [6, 6.07) is 2.96. The Kier molecular flexibility index (Phi) is 5.45. The van der Waals surface area contributed by atoms with E-state index in [1.165, 1.54) is 30.3 Å². The Morgan fingerprint density at radius 1 is 1.50 bits per heavy atom. The maximum Gasteiger partial charge on any atom is 0.272 e. The molecule has 108 valence electrons. The Labute approximate surface area is 116 Å². The van der Waals surface area contributed by atoms with Gasteiger partial charge in [0, 0.05) is 25.4 Å². The summed E-state index contributed by atoms with van der Waals surface area (Å²) in [6.07, 6.45) is 1.32. The third-order valence-corrected chi connectivity index (χ3v) is 2.49. The van der Waals surface area contributed by atoms with Crippen LogP contribution in [0.2, 0.25) is 0 Å². The van der Waals surface area contributed by atoms with E-state index in [-0.39, 0.29) is 29.9 Å². The molecule has 0 aliphatic carbocycles. The first kappa shape index (κ1) is 15.4. The normalized spacial score (nSPS) is 11.0. The van der Waals surface area contributed by atoms with Crippen LogP contribution in [0.1, 0.15) is 23.0 Å². The number of carbonyl (C=O) groups is 2. The number of nitrogens with two attached hydrogens (primary N) is 1. The number of rotatable bonds is 5. The zero-order valence-electron chi connectivity index (χ0n) is 11.3. The van der Waals surface area contributed by atoms with Gasteiger partial charge in [0.25, 0.3) is 5.91 Å². The quantitative estimate of drug-likeness (QED) is 0.287. The highest BCUT2D eigenvalue weighted by Crippen LogP contribution is 2.03. The van der Waals surface area contributed by atoms with Gasteiger partial charge in [0.15, 0.2) is 5.84 Å². The largest absolute Gasteiger partial charge is 0.409 e. The van der Waals surface area contributed by atoms with Crippen LogP contribution in [0.15, 0.2) is 23.5 Å². The lowest BCUT2D eigenvalue weighted by atomic mass is 10.2. The summed E-state index contributed by atoms with van der Waals surface area (Å²) in [5, 5.41) is 14.0. The predicted molar refractivity (Wildman–Crippen MR) is 72.4 cm³/mol. The molecule has 0 aromatic carbocycles. The summed E-state index contributed by atoms with van der Waals surface area (Å²) in [4.78, 5) is 28.6. The number of hydrogen-bond donors (Lipinski definition) is 3. The highest BCUT2D eigenvalue weighted by molar-refractivity contribution is 5.98. The number of carbonyl (C=O) groups excluding carboxylic acids is 2. The fourth-order valence-corrected chi connectivity index (χ4v) is 1.47. The molecule has 0 spiro atoms. The zero-order chi connectivity index (χ0) is 15.1. The average molecular weight is 279 g/mol. The van der Waals surface area contributed by atoms with E-state index in [0.717, 1.165) is 0 Å². The van der Waals surface area contributed by atoms with Gasteiger partial charge < -0.3 is 21.2 Å². The average Bonchev–Trinajstić information content (AvgIpc) is 2.46. The van der Waals surface area contributed by atoms with Gasteiger partial charge in [-0.25, -0.2) is 0 Å². The fourth-order valence-electron chi connectivity index (χ4n) is 1.47. The molecular formula is C12H17N5O3. The number of pyridine rings is 1. The number of likely N-dealkylation sites (N-methyl/N-ethyl adjacent to an activating group) is 2. The molecule has 0 saturated heterocycles. The molecule has 0 atom stereocenters. The lowest BCUT2D eigenvalue weighted by Crippen LogP contribution is -2.38. The van der Waals surface area contributed by atoms with Crippen molar-refractivity contribution in [1.29, 1.82) is 0 Å². The minimum absolute atomic E-state index is 0.0453. The molecule has 0 aliphatic heterocycles. The summed E-state index contributed by atoms with van der Waals surface area (Å²) in [7, 11) is 1.51. The molecule has 0 bridgehead atoms. The summed E-state index contributed by atoms with van der Waals surface area (Å²) in [5.74, 6) is -0.717. The van der Waals surface area contributed by atoms with Crippen LogP contribution in [0.3, 0.4) is 0 Å². The number of nitrogens with one attached hydrogen (secondary N) is 1. The van der Waals surface area contributed by atoms with Crippen LogP contribution in [0.4, 0.5) is 0 Å². The monoisotopic (exact) mass is 279 g/mol. The Hall–Kier alpha value is -2.64. The number of hydrogen-bond acceptors (Lipinski definition) is 5. The third kappa shape index (κ3) is 3.94. The van der Waals surface area contributed by atoms with Crippen LogP contribution in [0.5, 0.6) is 0 Å². The summed E-state index contributed by atoms with van der Waals surface area (Å²) >= 11 is 0. The third-order valence-electron chi connectivity index (χ3n) is 2.49. The van der Waals surface area contributed by atoms with Crippen molar-refractivity contribution in [2.75, 3.05) is 20.1 Å². The minimum Gasteiger partial charge on any atom is -0.409 e. The fraction of sp³-hybridized carbons (Fsp3) is 0.333. The Balaban J connectivity index is 2.74. The van der Waals surface area contributed by atoms with Gasteiger partial charge in [-0.3, -0.25) is 14.6 Å². The summed E-state index contributed by atoms with van der Waals surface area (Å²) in [6.45, 7) is 2.26. The van der Waals surface area contributed by atoms with E-state index < -0.39 is 0 Å². The van der Waals surface area contributed by atoms with Gasteiger partial charge in [-0.05, 0) is 19.1 Å². The number of amides is 2. The maximum atomic E-state index is 12.0. The van der Waals surface area contributed by atoms with Crippen molar-refractivity contribution < 1.29 is 14.8 Å². The van der Waals surface area contributed by atoms with Crippen molar-refractivity contribution in [3.63, 3.8) is 0 Å². The minimum atomic E-state index is -0.387. The molecule has 8 heteroatoms. The van der Waals surface area contributed by atoms with Crippen molar-refractivity contribution in [2.24, 2.45) is 10.9 Å². The highest BCUT2D eigenvalue weighted by atomic mass is 16.4. The molecule has 0 saturated carbocycles. The lowest BCUT2D eigenvalue weighted by Gasteiger charge is -2.16. The second-order valence-electron chi connectivity index (χ2n) is 4.03. The molecule has 1 rings (SSSR count). The number of oxime groups is 1. The Morgan fingerprint density at radius 3 is 2.70 bits per heavy atom. The molecule has 0 radical (unpaired) electrons. The van der Waals surface area contributed by atoms with E-state index in [1.807, 2.05) is 0 Å². The van der Waals surface area contributed by atoms with Gasteiger partial charge in [0.2, 0.25) is 5.91 Å². The van der Waals surface area contributed by atoms with E-state index in [0.29, 0.717) is 12.1 Å². The summed E-state index contributed by atoms with van der Waals surface area (Å²) < 4.78 is 0. The predicted octanol–water partition coefficient (Wildman–Crippen LogP) is -0.616. The van der Waals surface area contributed by atoms with Gasteiger partial charge in [0.05, 0.1) is 6.54 Å². The molecule has 0 fully saturated rings. The van der Waals surface area contributed by atoms with Gasteiger partial charge in [-0.1, -0.05) is 5.16 Å². The van der Waals surface area contributed by atoms with Crippen LogP contribution in [0.25, 0.3) is 0 Å². The van der Waals surface area contributed by atoms with E-state index in [4.69, 9.17) is 10.9 Å². The van der Waals surface area contributed by atoms with Crippen molar-refractivity contribution in [2.45, 2.75) is 6.92 Å². The van der Waals surface area contributed by atoms with Crippen molar-refractivity contribution in [1.82, 2.24) is 15.2 Å². The summed E-state index contributed by atoms with van der Waals surface area (Å²) in [5.41, 5.74) is 5.96. The van der Waals surface area contributed by atoms with E-state index in [2.05, 4.69) is 15.5 Å². The molecular weight excluding hydrogens is 262 g/mol. The van der Waals surface area contributed by atoms with Crippen LogP contribution in [0, 0.1) is 0 Å². The first-order chi connectivity index (χ1) is 9.49. The molecule has 0 aliphatic rings. The SMILES string of the molecule is CCNC(=O)CN(C)C(=O)c1ccc(C(N)=NO)cn1. The molecule has 1 aromatic rings. The number of amidine groups is 1. The molecule has 4 N–H and O–H groups in total. The smallest absolute Gasteiger partial charge is 0.272 e. The molecule has 2 amide bonds.